The Bertz CT molecular complexity index is 469. The van der Waals surface area contributed by atoms with Crippen LogP contribution < -0.4 is 0 Å². The predicted octanol–water partition coefficient (Wildman–Crippen LogP) is 2.91. The van der Waals surface area contributed by atoms with Gasteiger partial charge in [0, 0.05) is 40.0 Å². The molecule has 0 saturated heterocycles. The number of hydrogen-bond donors (Lipinski definition) is 0. The smallest absolute Gasteiger partial charge is 0.162 e. The molecular weight excluding hydrogens is 258 g/mol. The van der Waals surface area contributed by atoms with Gasteiger partial charge >= 0.3 is 0 Å². The minimum atomic E-state index is 1.16. The lowest BCUT2D eigenvalue weighted by atomic mass is 10.2. The summed E-state index contributed by atoms with van der Waals surface area (Å²) < 4.78 is 2.01. The third kappa shape index (κ3) is 11.5. The largest absolute Gasteiger partial charge is 0.383 e. The van der Waals surface area contributed by atoms with Crippen LogP contribution in [-0.2, 0) is 0 Å². The number of rotatable bonds is 7. The molecule has 0 amide bonds. The molecule has 116 valence electrons. The van der Waals surface area contributed by atoms with E-state index in [0.29, 0.717) is 0 Å². The summed E-state index contributed by atoms with van der Waals surface area (Å²) >= 11 is 0. The van der Waals surface area contributed by atoms with Crippen LogP contribution in [0.4, 0.5) is 0 Å². The monoisotopic (exact) mass is 288 g/mol. The van der Waals surface area contributed by atoms with Crippen LogP contribution in [0, 0.1) is 0 Å². The average Bonchev–Trinajstić information content (AvgIpc) is 2.38. The van der Waals surface area contributed by atoms with E-state index in [0.717, 1.165) is 5.57 Å². The highest BCUT2D eigenvalue weighted by Gasteiger charge is 1.92. The molecule has 0 unspecified atom stereocenters. The van der Waals surface area contributed by atoms with Gasteiger partial charge in [0.15, 0.2) is 6.21 Å². The molecule has 0 atom stereocenters. The van der Waals surface area contributed by atoms with Crippen LogP contribution in [0.1, 0.15) is 6.92 Å². The third-order valence-corrected chi connectivity index (χ3v) is 2.65. The van der Waals surface area contributed by atoms with Gasteiger partial charge in [-0.05, 0) is 30.8 Å². The SMILES string of the molecule is CC(=CC(=CC=CC=[N+](C)C)/C=C/C=C/N(C)C)N(C)C. The summed E-state index contributed by atoms with van der Waals surface area (Å²) in [5.41, 5.74) is 2.38. The van der Waals surface area contributed by atoms with Gasteiger partial charge in [0.1, 0.15) is 14.1 Å². The van der Waals surface area contributed by atoms with Gasteiger partial charge in [0.05, 0.1) is 0 Å². The summed E-state index contributed by atoms with van der Waals surface area (Å²) in [7, 11) is 12.1. The van der Waals surface area contributed by atoms with Gasteiger partial charge in [0.25, 0.3) is 0 Å². The van der Waals surface area contributed by atoms with Crippen molar-refractivity contribution >= 4 is 6.21 Å². The predicted molar refractivity (Wildman–Crippen MR) is 94.8 cm³/mol. The van der Waals surface area contributed by atoms with Crippen molar-refractivity contribution in [3.8, 4) is 0 Å². The molecule has 0 spiro atoms. The molecule has 0 aromatic rings. The van der Waals surface area contributed by atoms with Crippen molar-refractivity contribution in [1.29, 1.82) is 0 Å². The molecule has 3 heteroatoms. The molecule has 0 fully saturated rings. The highest BCUT2D eigenvalue weighted by molar-refractivity contribution is 5.66. The van der Waals surface area contributed by atoms with E-state index >= 15 is 0 Å². The summed E-state index contributed by atoms with van der Waals surface area (Å²) in [4.78, 5) is 4.12. The molecule has 0 aliphatic carbocycles. The van der Waals surface area contributed by atoms with Crippen LogP contribution in [-0.4, -0.2) is 62.9 Å². The topological polar surface area (TPSA) is 9.49 Å². The Morgan fingerprint density at radius 1 is 0.905 bits per heavy atom. The maximum absolute atomic E-state index is 2.17. The molecule has 3 nitrogen and oxygen atoms in total. The van der Waals surface area contributed by atoms with Crippen molar-refractivity contribution in [1.82, 2.24) is 9.80 Å². The summed E-state index contributed by atoms with van der Waals surface area (Å²) in [6.07, 6.45) is 18.6. The minimum absolute atomic E-state index is 1.16. The Labute approximate surface area is 130 Å². The van der Waals surface area contributed by atoms with Crippen LogP contribution in [0.3, 0.4) is 0 Å². The van der Waals surface area contributed by atoms with E-state index in [1.165, 1.54) is 5.70 Å². The van der Waals surface area contributed by atoms with Crippen molar-refractivity contribution in [2.75, 3.05) is 42.3 Å². The molecule has 0 saturated carbocycles. The van der Waals surface area contributed by atoms with Crippen LogP contribution in [0.5, 0.6) is 0 Å². The second kappa shape index (κ2) is 10.7. The fraction of sp³-hybridized carbons (Fsp3) is 0.389. The first kappa shape index (κ1) is 19.0. The standard InChI is InChI=1S/C18H30N3/c1-17(21(6)7)16-18(12-8-10-14-19(2)3)13-9-11-15-20(4)5/h8-16H,1-7H3/q+1. The lowest BCUT2D eigenvalue weighted by Gasteiger charge is -2.12. The van der Waals surface area contributed by atoms with E-state index < -0.39 is 0 Å². The van der Waals surface area contributed by atoms with Gasteiger partial charge < -0.3 is 9.80 Å². The van der Waals surface area contributed by atoms with Crippen molar-refractivity contribution in [2.24, 2.45) is 0 Å². The molecule has 0 heterocycles. The first-order valence-electron chi connectivity index (χ1n) is 7.08. The first-order valence-corrected chi connectivity index (χ1v) is 7.08. The van der Waals surface area contributed by atoms with Crippen molar-refractivity contribution in [3.63, 3.8) is 0 Å². The Hall–Kier alpha value is -2.03. The molecule has 0 rings (SSSR count). The fourth-order valence-corrected chi connectivity index (χ4v) is 1.30. The molecule has 0 aliphatic rings. The van der Waals surface area contributed by atoms with E-state index in [-0.39, 0.29) is 0 Å². The Morgan fingerprint density at radius 2 is 1.57 bits per heavy atom. The molecule has 0 aromatic heterocycles. The second-order valence-corrected chi connectivity index (χ2v) is 5.51. The third-order valence-electron chi connectivity index (χ3n) is 2.65. The molecule has 21 heavy (non-hydrogen) atoms. The normalized spacial score (nSPS) is 13.5. The molecule has 0 radical (unpaired) electrons. The van der Waals surface area contributed by atoms with Gasteiger partial charge in [-0.3, -0.25) is 0 Å². The van der Waals surface area contributed by atoms with Gasteiger partial charge in [-0.25, -0.2) is 4.58 Å². The van der Waals surface area contributed by atoms with Gasteiger partial charge in [0.2, 0.25) is 0 Å². The molecule has 0 N–H and O–H groups in total. The number of hydrogen-bond acceptors (Lipinski definition) is 2. The van der Waals surface area contributed by atoms with Crippen molar-refractivity contribution < 1.29 is 4.58 Å². The Balaban J connectivity index is 5.10. The summed E-state index contributed by atoms with van der Waals surface area (Å²) in [6, 6.07) is 0. The Morgan fingerprint density at radius 3 is 2.10 bits per heavy atom. The van der Waals surface area contributed by atoms with E-state index in [1.807, 2.05) is 62.2 Å². The zero-order valence-electron chi connectivity index (χ0n) is 14.5. The first-order chi connectivity index (χ1) is 9.82. The molecule has 0 bridgehead atoms. The van der Waals surface area contributed by atoms with Gasteiger partial charge in [-0.1, -0.05) is 24.3 Å². The van der Waals surface area contributed by atoms with Crippen LogP contribution in [0.15, 0.2) is 60.0 Å². The molecule has 0 aliphatic heterocycles. The van der Waals surface area contributed by atoms with Crippen LogP contribution >= 0.6 is 0 Å². The van der Waals surface area contributed by atoms with E-state index in [1.54, 1.807) is 0 Å². The minimum Gasteiger partial charge on any atom is -0.383 e. The molecule has 0 aromatic carbocycles. The maximum Gasteiger partial charge on any atom is 0.162 e. The number of nitrogens with zero attached hydrogens (tertiary/aromatic N) is 3. The zero-order chi connectivity index (χ0) is 16.3. The van der Waals surface area contributed by atoms with Gasteiger partial charge in [-0.2, -0.15) is 0 Å². The summed E-state index contributed by atoms with van der Waals surface area (Å²) in [6.45, 7) is 2.10. The highest BCUT2D eigenvalue weighted by atomic mass is 15.1. The molecular formula is C18H30N3+. The van der Waals surface area contributed by atoms with Crippen molar-refractivity contribution in [3.05, 3.63) is 60.0 Å². The van der Waals surface area contributed by atoms with Crippen LogP contribution in [0.25, 0.3) is 0 Å². The Kier molecular flexibility index (Phi) is 9.69. The quantitative estimate of drug-likeness (QED) is 0.405. The van der Waals surface area contributed by atoms with Crippen molar-refractivity contribution in [2.45, 2.75) is 6.92 Å². The highest BCUT2D eigenvalue weighted by Crippen LogP contribution is 2.07. The van der Waals surface area contributed by atoms with E-state index in [2.05, 4.69) is 56.3 Å². The zero-order valence-corrected chi connectivity index (χ0v) is 14.5. The summed E-state index contributed by atoms with van der Waals surface area (Å²) in [5.74, 6) is 0. The lowest BCUT2D eigenvalue weighted by molar-refractivity contribution is -0.458. The lowest BCUT2D eigenvalue weighted by Crippen LogP contribution is -2.07. The van der Waals surface area contributed by atoms with Crippen LogP contribution in [0.2, 0.25) is 0 Å². The average molecular weight is 288 g/mol. The summed E-state index contributed by atoms with van der Waals surface area (Å²) in [5, 5.41) is 0. The van der Waals surface area contributed by atoms with E-state index in [4.69, 9.17) is 0 Å². The second-order valence-electron chi connectivity index (χ2n) is 5.51. The maximum atomic E-state index is 2.17. The number of allylic oxidation sites excluding steroid dienone is 9. The van der Waals surface area contributed by atoms with E-state index in [9.17, 15) is 0 Å². The fourth-order valence-electron chi connectivity index (χ4n) is 1.30. The van der Waals surface area contributed by atoms with Gasteiger partial charge in [-0.15, -0.1) is 0 Å².